The zero-order valence-electron chi connectivity index (χ0n) is 10.2. The molecule has 0 unspecified atom stereocenters. The number of nitrogens with zero attached hydrogens (tertiary/aromatic N) is 2. The SMILES string of the molecule is Cc1ccccc1-n1cc(-c2ccccc2)cn1. The molecular formula is C16H14N2. The van der Waals surface area contributed by atoms with E-state index in [4.69, 9.17) is 0 Å². The highest BCUT2D eigenvalue weighted by molar-refractivity contribution is 5.62. The molecule has 1 aromatic heterocycles. The van der Waals surface area contributed by atoms with Crippen LogP contribution in [0.25, 0.3) is 16.8 Å². The van der Waals surface area contributed by atoms with Crippen LogP contribution < -0.4 is 0 Å². The molecule has 0 atom stereocenters. The van der Waals surface area contributed by atoms with Gasteiger partial charge in [-0.2, -0.15) is 5.10 Å². The molecule has 0 aliphatic heterocycles. The van der Waals surface area contributed by atoms with Crippen molar-refractivity contribution in [3.8, 4) is 16.8 Å². The van der Waals surface area contributed by atoms with Gasteiger partial charge in [0.15, 0.2) is 0 Å². The van der Waals surface area contributed by atoms with Crippen LogP contribution in [0, 0.1) is 6.92 Å². The molecule has 0 fully saturated rings. The van der Waals surface area contributed by atoms with Crippen LogP contribution in [0.5, 0.6) is 0 Å². The summed E-state index contributed by atoms with van der Waals surface area (Å²) in [5, 5.41) is 4.44. The largest absolute Gasteiger partial charge is 0.240 e. The first-order valence-electron chi connectivity index (χ1n) is 6.01. The van der Waals surface area contributed by atoms with Crippen molar-refractivity contribution in [2.75, 3.05) is 0 Å². The Morgan fingerprint density at radius 1 is 0.833 bits per heavy atom. The van der Waals surface area contributed by atoms with Crippen LogP contribution in [0.2, 0.25) is 0 Å². The summed E-state index contributed by atoms with van der Waals surface area (Å²) >= 11 is 0. The Hall–Kier alpha value is -2.35. The van der Waals surface area contributed by atoms with E-state index in [1.54, 1.807) is 0 Å². The Labute approximate surface area is 107 Å². The predicted octanol–water partition coefficient (Wildman–Crippen LogP) is 3.85. The van der Waals surface area contributed by atoms with Crippen molar-refractivity contribution >= 4 is 0 Å². The molecule has 3 rings (SSSR count). The number of aromatic nitrogens is 2. The monoisotopic (exact) mass is 234 g/mol. The second-order valence-electron chi connectivity index (χ2n) is 4.33. The van der Waals surface area contributed by atoms with Crippen LogP contribution in [0.1, 0.15) is 5.56 Å². The van der Waals surface area contributed by atoms with Gasteiger partial charge in [0.05, 0.1) is 11.9 Å². The van der Waals surface area contributed by atoms with Crippen molar-refractivity contribution in [1.82, 2.24) is 9.78 Å². The van der Waals surface area contributed by atoms with E-state index in [0.717, 1.165) is 11.3 Å². The van der Waals surface area contributed by atoms with Crippen molar-refractivity contribution in [1.29, 1.82) is 0 Å². The van der Waals surface area contributed by atoms with Crippen LogP contribution in [-0.4, -0.2) is 9.78 Å². The average Bonchev–Trinajstić information content (AvgIpc) is 2.90. The third kappa shape index (κ3) is 1.93. The fourth-order valence-electron chi connectivity index (χ4n) is 2.05. The summed E-state index contributed by atoms with van der Waals surface area (Å²) in [5.41, 5.74) is 4.68. The van der Waals surface area contributed by atoms with Gasteiger partial charge in [0.25, 0.3) is 0 Å². The van der Waals surface area contributed by atoms with Gasteiger partial charge < -0.3 is 0 Å². The summed E-state index contributed by atoms with van der Waals surface area (Å²) in [6.07, 6.45) is 3.97. The molecule has 18 heavy (non-hydrogen) atoms. The summed E-state index contributed by atoms with van der Waals surface area (Å²) in [6.45, 7) is 2.10. The van der Waals surface area contributed by atoms with E-state index in [9.17, 15) is 0 Å². The lowest BCUT2D eigenvalue weighted by Crippen LogP contribution is -1.96. The van der Waals surface area contributed by atoms with Crippen LogP contribution >= 0.6 is 0 Å². The van der Waals surface area contributed by atoms with Gasteiger partial charge in [0.2, 0.25) is 0 Å². The summed E-state index contributed by atoms with van der Waals surface area (Å²) in [5.74, 6) is 0. The Bertz CT molecular complexity index is 654. The molecule has 0 bridgehead atoms. The van der Waals surface area contributed by atoms with Gasteiger partial charge in [-0.25, -0.2) is 4.68 Å². The number of para-hydroxylation sites is 1. The lowest BCUT2D eigenvalue weighted by Gasteiger charge is -2.04. The molecule has 88 valence electrons. The highest BCUT2D eigenvalue weighted by Crippen LogP contribution is 2.20. The van der Waals surface area contributed by atoms with E-state index in [-0.39, 0.29) is 0 Å². The second kappa shape index (κ2) is 4.49. The number of rotatable bonds is 2. The molecule has 0 aliphatic rings. The first-order valence-corrected chi connectivity index (χ1v) is 6.01. The molecular weight excluding hydrogens is 220 g/mol. The third-order valence-corrected chi connectivity index (χ3v) is 3.05. The number of aryl methyl sites for hydroxylation is 1. The first kappa shape index (κ1) is 10.8. The lowest BCUT2D eigenvalue weighted by molar-refractivity contribution is 0.873. The van der Waals surface area contributed by atoms with Gasteiger partial charge in [-0.3, -0.25) is 0 Å². The number of hydrogen-bond acceptors (Lipinski definition) is 1. The quantitative estimate of drug-likeness (QED) is 0.658. The third-order valence-electron chi connectivity index (χ3n) is 3.05. The molecule has 0 saturated carbocycles. The van der Waals surface area contributed by atoms with E-state index in [0.29, 0.717) is 0 Å². The zero-order chi connectivity index (χ0) is 12.4. The van der Waals surface area contributed by atoms with E-state index in [1.165, 1.54) is 11.1 Å². The second-order valence-corrected chi connectivity index (χ2v) is 4.33. The van der Waals surface area contributed by atoms with Crippen molar-refractivity contribution in [2.45, 2.75) is 6.92 Å². The lowest BCUT2D eigenvalue weighted by atomic mass is 10.1. The maximum absolute atomic E-state index is 4.44. The van der Waals surface area contributed by atoms with E-state index >= 15 is 0 Å². The van der Waals surface area contributed by atoms with Crippen molar-refractivity contribution in [3.63, 3.8) is 0 Å². The smallest absolute Gasteiger partial charge is 0.0674 e. The van der Waals surface area contributed by atoms with Gasteiger partial charge >= 0.3 is 0 Å². The number of hydrogen-bond donors (Lipinski definition) is 0. The topological polar surface area (TPSA) is 17.8 Å². The van der Waals surface area contributed by atoms with Crippen molar-refractivity contribution < 1.29 is 0 Å². The van der Waals surface area contributed by atoms with Crippen LogP contribution in [-0.2, 0) is 0 Å². The molecule has 0 N–H and O–H groups in total. The van der Waals surface area contributed by atoms with Crippen LogP contribution in [0.15, 0.2) is 67.0 Å². The molecule has 0 spiro atoms. The van der Waals surface area contributed by atoms with E-state index in [1.807, 2.05) is 41.2 Å². The highest BCUT2D eigenvalue weighted by atomic mass is 15.3. The molecule has 3 aromatic rings. The molecule has 0 amide bonds. The molecule has 2 heteroatoms. The van der Waals surface area contributed by atoms with Gasteiger partial charge in [0.1, 0.15) is 0 Å². The molecule has 0 aliphatic carbocycles. The predicted molar refractivity (Wildman–Crippen MR) is 73.7 cm³/mol. The van der Waals surface area contributed by atoms with Crippen molar-refractivity contribution in [2.24, 2.45) is 0 Å². The number of benzene rings is 2. The Balaban J connectivity index is 2.03. The summed E-state index contributed by atoms with van der Waals surface area (Å²) < 4.78 is 1.93. The summed E-state index contributed by atoms with van der Waals surface area (Å²) in [6, 6.07) is 18.6. The van der Waals surface area contributed by atoms with E-state index in [2.05, 4.69) is 42.5 Å². The molecule has 0 radical (unpaired) electrons. The molecule has 0 saturated heterocycles. The fourth-order valence-corrected chi connectivity index (χ4v) is 2.05. The Kier molecular flexibility index (Phi) is 2.69. The van der Waals surface area contributed by atoms with E-state index < -0.39 is 0 Å². The Morgan fingerprint density at radius 2 is 1.56 bits per heavy atom. The maximum atomic E-state index is 4.44. The van der Waals surface area contributed by atoms with Gasteiger partial charge in [0, 0.05) is 11.8 Å². The first-order chi connectivity index (χ1) is 8.84. The van der Waals surface area contributed by atoms with Crippen LogP contribution in [0.3, 0.4) is 0 Å². The van der Waals surface area contributed by atoms with Gasteiger partial charge in [-0.05, 0) is 24.1 Å². The minimum Gasteiger partial charge on any atom is -0.240 e. The van der Waals surface area contributed by atoms with Crippen molar-refractivity contribution in [3.05, 3.63) is 72.6 Å². The Morgan fingerprint density at radius 3 is 2.33 bits per heavy atom. The summed E-state index contributed by atoms with van der Waals surface area (Å²) in [4.78, 5) is 0. The van der Waals surface area contributed by atoms with Crippen LogP contribution in [0.4, 0.5) is 0 Å². The maximum Gasteiger partial charge on any atom is 0.0674 e. The minimum atomic E-state index is 1.12. The minimum absolute atomic E-state index is 1.12. The molecule has 2 nitrogen and oxygen atoms in total. The van der Waals surface area contributed by atoms with Gasteiger partial charge in [-0.15, -0.1) is 0 Å². The van der Waals surface area contributed by atoms with Gasteiger partial charge in [-0.1, -0.05) is 48.5 Å². The standard InChI is InChI=1S/C16H14N2/c1-13-7-5-6-10-16(13)18-12-15(11-17-18)14-8-3-2-4-9-14/h2-12H,1H3. The fraction of sp³-hybridized carbons (Fsp3) is 0.0625. The summed E-state index contributed by atoms with van der Waals surface area (Å²) in [7, 11) is 0. The normalized spacial score (nSPS) is 10.5. The average molecular weight is 234 g/mol. The molecule has 1 heterocycles. The molecule has 2 aromatic carbocycles. The highest BCUT2D eigenvalue weighted by Gasteiger charge is 2.04. The zero-order valence-corrected chi connectivity index (χ0v) is 10.2.